The van der Waals surface area contributed by atoms with Gasteiger partial charge >= 0.3 is 0 Å². The molecule has 2 aliphatic rings. The lowest BCUT2D eigenvalue weighted by Crippen LogP contribution is -2.19. The molecule has 1 fully saturated rings. The third-order valence-corrected chi connectivity index (χ3v) is 3.93. The van der Waals surface area contributed by atoms with E-state index in [2.05, 4.69) is 22.7 Å². The van der Waals surface area contributed by atoms with Gasteiger partial charge in [0.25, 0.3) is 0 Å². The first kappa shape index (κ1) is 10.3. The zero-order valence-corrected chi connectivity index (χ0v) is 9.98. The van der Waals surface area contributed by atoms with Crippen molar-refractivity contribution in [2.24, 2.45) is 0 Å². The molecule has 1 saturated heterocycles. The second-order valence-corrected chi connectivity index (χ2v) is 5.13. The van der Waals surface area contributed by atoms with Gasteiger partial charge < -0.3 is 9.30 Å². The minimum Gasteiger partial charge on any atom is -0.378 e. The van der Waals surface area contributed by atoms with Gasteiger partial charge in [-0.1, -0.05) is 6.92 Å². The number of aromatic nitrogens is 2. The summed E-state index contributed by atoms with van der Waals surface area (Å²) in [6, 6.07) is 0. The van der Waals surface area contributed by atoms with E-state index in [4.69, 9.17) is 4.74 Å². The van der Waals surface area contributed by atoms with Crippen LogP contribution in [0.25, 0.3) is 0 Å². The molecule has 1 aromatic rings. The van der Waals surface area contributed by atoms with Crippen molar-refractivity contribution in [3.05, 3.63) is 17.7 Å². The first-order valence-corrected chi connectivity index (χ1v) is 6.50. The van der Waals surface area contributed by atoms with E-state index in [1.165, 1.54) is 37.2 Å². The van der Waals surface area contributed by atoms with Crippen molar-refractivity contribution in [3.63, 3.8) is 0 Å². The van der Waals surface area contributed by atoms with Gasteiger partial charge in [0, 0.05) is 31.5 Å². The van der Waals surface area contributed by atoms with Crippen LogP contribution in [0.1, 0.15) is 50.0 Å². The van der Waals surface area contributed by atoms with Gasteiger partial charge in [0.1, 0.15) is 5.82 Å². The fraction of sp³-hybridized carbons (Fsp3) is 0.769. The highest BCUT2D eigenvalue weighted by Gasteiger charge is 2.23. The van der Waals surface area contributed by atoms with E-state index in [0.717, 1.165) is 19.6 Å². The van der Waals surface area contributed by atoms with Gasteiger partial charge in [0.05, 0.1) is 6.10 Å². The number of hydrogen-bond acceptors (Lipinski definition) is 2. The second-order valence-electron chi connectivity index (χ2n) is 5.13. The summed E-state index contributed by atoms with van der Waals surface area (Å²) in [5.41, 5.74) is 1.43. The van der Waals surface area contributed by atoms with Gasteiger partial charge in [-0.15, -0.1) is 0 Å². The summed E-state index contributed by atoms with van der Waals surface area (Å²) in [6.45, 7) is 4.40. The van der Waals surface area contributed by atoms with Crippen LogP contribution in [0.3, 0.4) is 0 Å². The normalized spacial score (nSPS) is 29.3. The maximum Gasteiger partial charge on any atom is 0.111 e. The molecule has 0 radical (unpaired) electrons. The quantitative estimate of drug-likeness (QED) is 0.765. The minimum atomic E-state index is 0.420. The monoisotopic (exact) mass is 220 g/mol. The zero-order valence-electron chi connectivity index (χ0n) is 9.98. The average Bonchev–Trinajstić information content (AvgIpc) is 2.90. The Balaban J connectivity index is 1.79. The molecule has 3 rings (SSSR count). The molecule has 1 aromatic heterocycles. The van der Waals surface area contributed by atoms with Crippen molar-refractivity contribution in [3.8, 4) is 0 Å². The van der Waals surface area contributed by atoms with Gasteiger partial charge in [-0.2, -0.15) is 0 Å². The third-order valence-electron chi connectivity index (χ3n) is 3.93. The minimum absolute atomic E-state index is 0.420. The van der Waals surface area contributed by atoms with Crippen molar-refractivity contribution in [2.45, 2.75) is 57.6 Å². The fourth-order valence-corrected chi connectivity index (χ4v) is 2.96. The molecule has 16 heavy (non-hydrogen) atoms. The molecule has 0 spiro atoms. The summed E-state index contributed by atoms with van der Waals surface area (Å²) in [4.78, 5) is 4.59. The van der Waals surface area contributed by atoms with E-state index in [9.17, 15) is 0 Å². The van der Waals surface area contributed by atoms with E-state index >= 15 is 0 Å². The molecule has 3 heterocycles. The molecule has 0 N–H and O–H groups in total. The molecule has 0 saturated carbocycles. The number of imidazole rings is 1. The standard InChI is InChI=1S/C13H20N2O/c1-10-4-2-6-15-12(10)9-14-13(15)8-11-5-3-7-16-11/h9-11H,2-8H2,1H3. The molecule has 0 amide bonds. The number of hydrogen-bond donors (Lipinski definition) is 0. The Morgan fingerprint density at radius 3 is 3.19 bits per heavy atom. The van der Waals surface area contributed by atoms with Crippen LogP contribution < -0.4 is 0 Å². The lowest BCUT2D eigenvalue weighted by atomic mass is 9.98. The van der Waals surface area contributed by atoms with Crippen molar-refractivity contribution in [1.82, 2.24) is 9.55 Å². The number of nitrogens with zero attached hydrogens (tertiary/aromatic N) is 2. The highest BCUT2D eigenvalue weighted by Crippen LogP contribution is 2.28. The summed E-state index contributed by atoms with van der Waals surface area (Å²) in [5, 5.41) is 0. The molecule has 2 unspecified atom stereocenters. The fourth-order valence-electron chi connectivity index (χ4n) is 2.96. The van der Waals surface area contributed by atoms with Crippen molar-refractivity contribution in [1.29, 1.82) is 0 Å². The summed E-state index contributed by atoms with van der Waals surface area (Å²) in [5.74, 6) is 1.92. The molecule has 3 heteroatoms. The summed E-state index contributed by atoms with van der Waals surface area (Å²) in [6.07, 6.45) is 8.53. The van der Waals surface area contributed by atoms with Crippen LogP contribution in [0.2, 0.25) is 0 Å². The van der Waals surface area contributed by atoms with Crippen molar-refractivity contribution in [2.75, 3.05) is 6.61 Å². The highest BCUT2D eigenvalue weighted by atomic mass is 16.5. The Morgan fingerprint density at radius 1 is 1.44 bits per heavy atom. The molecule has 88 valence electrons. The predicted octanol–water partition coefficient (Wildman–Crippen LogP) is 2.50. The largest absolute Gasteiger partial charge is 0.378 e. The van der Waals surface area contributed by atoms with E-state index in [-0.39, 0.29) is 0 Å². The van der Waals surface area contributed by atoms with Gasteiger partial charge in [-0.05, 0) is 31.6 Å². The lowest BCUT2D eigenvalue weighted by molar-refractivity contribution is 0.109. The molecule has 0 aromatic carbocycles. The average molecular weight is 220 g/mol. The predicted molar refractivity (Wildman–Crippen MR) is 62.6 cm³/mol. The van der Waals surface area contributed by atoms with E-state index in [0.29, 0.717) is 12.0 Å². The third kappa shape index (κ3) is 1.77. The topological polar surface area (TPSA) is 27.1 Å². The van der Waals surface area contributed by atoms with Crippen LogP contribution in [0.15, 0.2) is 6.20 Å². The van der Waals surface area contributed by atoms with Crippen LogP contribution in [0.5, 0.6) is 0 Å². The summed E-state index contributed by atoms with van der Waals surface area (Å²) >= 11 is 0. The van der Waals surface area contributed by atoms with Gasteiger partial charge in [0.15, 0.2) is 0 Å². The Kier molecular flexibility index (Phi) is 2.72. The van der Waals surface area contributed by atoms with Crippen LogP contribution >= 0.6 is 0 Å². The van der Waals surface area contributed by atoms with Crippen LogP contribution in [0, 0.1) is 0 Å². The zero-order chi connectivity index (χ0) is 11.0. The molecular formula is C13H20N2O. The summed E-state index contributed by atoms with van der Waals surface area (Å²) in [7, 11) is 0. The number of ether oxygens (including phenoxy) is 1. The summed E-state index contributed by atoms with van der Waals surface area (Å²) < 4.78 is 8.12. The Bertz CT molecular complexity index is 366. The van der Waals surface area contributed by atoms with Crippen LogP contribution in [-0.4, -0.2) is 22.3 Å². The number of rotatable bonds is 2. The molecule has 2 aliphatic heterocycles. The second kappa shape index (κ2) is 4.21. The van der Waals surface area contributed by atoms with Crippen LogP contribution in [0.4, 0.5) is 0 Å². The van der Waals surface area contributed by atoms with Gasteiger partial charge in [-0.25, -0.2) is 4.98 Å². The molecule has 0 bridgehead atoms. The SMILES string of the molecule is CC1CCCn2c1cnc2CC1CCCO1. The smallest absolute Gasteiger partial charge is 0.111 e. The van der Waals surface area contributed by atoms with E-state index in [1.54, 1.807) is 0 Å². The van der Waals surface area contributed by atoms with Gasteiger partial charge in [0.2, 0.25) is 0 Å². The maximum absolute atomic E-state index is 5.69. The molecule has 3 nitrogen and oxygen atoms in total. The first-order chi connectivity index (χ1) is 7.84. The Labute approximate surface area is 96.8 Å². The van der Waals surface area contributed by atoms with Crippen LogP contribution in [-0.2, 0) is 17.7 Å². The van der Waals surface area contributed by atoms with E-state index < -0.39 is 0 Å². The number of fused-ring (bicyclic) bond motifs is 1. The maximum atomic E-state index is 5.69. The highest BCUT2D eigenvalue weighted by molar-refractivity contribution is 5.13. The molecule has 0 aliphatic carbocycles. The first-order valence-electron chi connectivity index (χ1n) is 6.50. The van der Waals surface area contributed by atoms with Gasteiger partial charge in [-0.3, -0.25) is 0 Å². The van der Waals surface area contributed by atoms with E-state index in [1.807, 2.05) is 0 Å². The Hall–Kier alpha value is -0.830. The molecular weight excluding hydrogens is 200 g/mol. The van der Waals surface area contributed by atoms with Crippen molar-refractivity contribution >= 4 is 0 Å². The Morgan fingerprint density at radius 2 is 2.38 bits per heavy atom. The lowest BCUT2D eigenvalue weighted by Gasteiger charge is -2.22. The van der Waals surface area contributed by atoms with Crippen molar-refractivity contribution < 1.29 is 4.74 Å². The molecule has 2 atom stereocenters.